The summed E-state index contributed by atoms with van der Waals surface area (Å²) in [7, 11) is 0. The maximum absolute atomic E-state index is 13.3. The zero-order valence-corrected chi connectivity index (χ0v) is 12.1. The monoisotopic (exact) mass is 290 g/mol. The van der Waals surface area contributed by atoms with Crippen LogP contribution in [-0.4, -0.2) is 16.6 Å². The molecular formula is C15H19FN4O. The van der Waals surface area contributed by atoms with E-state index < -0.39 is 0 Å². The van der Waals surface area contributed by atoms with Crippen LogP contribution in [0.15, 0.2) is 30.6 Å². The van der Waals surface area contributed by atoms with Crippen LogP contribution in [0.2, 0.25) is 0 Å². The summed E-state index contributed by atoms with van der Waals surface area (Å²) in [5.41, 5.74) is 7.16. The van der Waals surface area contributed by atoms with E-state index in [9.17, 15) is 4.39 Å². The normalized spacial score (nSPS) is 12.0. The van der Waals surface area contributed by atoms with Gasteiger partial charge in [-0.15, -0.1) is 0 Å². The Bertz CT molecular complexity index is 606. The first-order chi connectivity index (χ1) is 10.1. The van der Waals surface area contributed by atoms with E-state index in [1.54, 1.807) is 6.07 Å². The largest absolute Gasteiger partial charge is 0.476 e. The molecule has 2 rings (SSSR count). The van der Waals surface area contributed by atoms with Crippen molar-refractivity contribution in [2.24, 2.45) is 0 Å². The van der Waals surface area contributed by atoms with Gasteiger partial charge in [0.05, 0.1) is 12.6 Å². The highest BCUT2D eigenvalue weighted by atomic mass is 19.1. The zero-order valence-electron chi connectivity index (χ0n) is 12.1. The van der Waals surface area contributed by atoms with Crippen LogP contribution >= 0.6 is 0 Å². The fourth-order valence-electron chi connectivity index (χ4n) is 1.87. The Hall–Kier alpha value is -2.37. The van der Waals surface area contributed by atoms with Gasteiger partial charge in [-0.3, -0.25) is 0 Å². The number of rotatable bonds is 6. The highest BCUT2D eigenvalue weighted by Gasteiger charge is 2.13. The third-order valence-electron chi connectivity index (χ3n) is 2.99. The quantitative estimate of drug-likeness (QED) is 0.855. The van der Waals surface area contributed by atoms with Gasteiger partial charge in [-0.2, -0.15) is 4.98 Å². The van der Waals surface area contributed by atoms with Gasteiger partial charge in [0, 0.05) is 0 Å². The number of hydrogen-bond donors (Lipinski definition) is 2. The lowest BCUT2D eigenvalue weighted by atomic mass is 10.1. The van der Waals surface area contributed by atoms with E-state index in [2.05, 4.69) is 15.3 Å². The predicted octanol–water partition coefficient (Wildman–Crippen LogP) is 3.16. The van der Waals surface area contributed by atoms with Crippen molar-refractivity contribution in [3.8, 4) is 5.88 Å². The summed E-state index contributed by atoms with van der Waals surface area (Å²) in [4.78, 5) is 8.13. The van der Waals surface area contributed by atoms with Crippen LogP contribution in [0.4, 0.5) is 15.9 Å². The third-order valence-corrected chi connectivity index (χ3v) is 2.99. The second-order valence-electron chi connectivity index (χ2n) is 4.71. The lowest BCUT2D eigenvalue weighted by molar-refractivity contribution is 0.306. The molecule has 6 heteroatoms. The minimum absolute atomic E-state index is 0.142. The molecule has 0 radical (unpaired) electrons. The molecule has 0 fully saturated rings. The van der Waals surface area contributed by atoms with Crippen LogP contribution in [0.25, 0.3) is 0 Å². The summed E-state index contributed by atoms with van der Waals surface area (Å²) in [6.07, 6.45) is 2.26. The SMILES string of the molecule is CCCOc1ncnc(NC(C)c2cccc(F)c2)c1N. The summed E-state index contributed by atoms with van der Waals surface area (Å²) in [6, 6.07) is 6.25. The van der Waals surface area contributed by atoms with Crippen molar-refractivity contribution in [1.82, 2.24) is 9.97 Å². The number of halogens is 1. The van der Waals surface area contributed by atoms with E-state index in [4.69, 9.17) is 10.5 Å². The van der Waals surface area contributed by atoms with Gasteiger partial charge >= 0.3 is 0 Å². The van der Waals surface area contributed by atoms with Gasteiger partial charge in [0.1, 0.15) is 17.8 Å². The maximum atomic E-state index is 13.3. The molecule has 0 spiro atoms. The van der Waals surface area contributed by atoms with Gasteiger partial charge in [0.25, 0.3) is 0 Å². The molecule has 0 saturated carbocycles. The van der Waals surface area contributed by atoms with Gasteiger partial charge in [0.15, 0.2) is 5.82 Å². The molecule has 112 valence electrons. The van der Waals surface area contributed by atoms with Gasteiger partial charge in [0.2, 0.25) is 5.88 Å². The molecule has 2 aromatic rings. The van der Waals surface area contributed by atoms with Crippen molar-refractivity contribution in [2.75, 3.05) is 17.7 Å². The second kappa shape index (κ2) is 6.88. The van der Waals surface area contributed by atoms with Crippen molar-refractivity contribution in [2.45, 2.75) is 26.3 Å². The predicted molar refractivity (Wildman–Crippen MR) is 80.7 cm³/mol. The van der Waals surface area contributed by atoms with Crippen molar-refractivity contribution >= 4 is 11.5 Å². The first-order valence-corrected chi connectivity index (χ1v) is 6.87. The molecule has 1 unspecified atom stereocenters. The average Bonchev–Trinajstić information content (AvgIpc) is 2.48. The van der Waals surface area contributed by atoms with Gasteiger partial charge in [-0.25, -0.2) is 9.37 Å². The lowest BCUT2D eigenvalue weighted by Gasteiger charge is -2.17. The average molecular weight is 290 g/mol. The zero-order chi connectivity index (χ0) is 15.2. The minimum atomic E-state index is -0.274. The summed E-state index contributed by atoms with van der Waals surface area (Å²) in [5, 5.41) is 3.15. The fourth-order valence-corrected chi connectivity index (χ4v) is 1.87. The molecule has 0 saturated heterocycles. The standard InChI is InChI=1S/C15H19FN4O/c1-3-7-21-15-13(17)14(18-9-19-15)20-10(2)11-5-4-6-12(16)8-11/h4-6,8-10H,3,7,17H2,1-2H3,(H,18,19,20). The molecule has 0 aliphatic heterocycles. The van der Waals surface area contributed by atoms with E-state index in [1.807, 2.05) is 19.9 Å². The van der Waals surface area contributed by atoms with Crippen molar-refractivity contribution in [1.29, 1.82) is 0 Å². The summed E-state index contributed by atoms with van der Waals surface area (Å²) >= 11 is 0. The molecular weight excluding hydrogens is 271 g/mol. The molecule has 1 aromatic heterocycles. The Morgan fingerprint density at radius 2 is 2.19 bits per heavy atom. The number of nitrogens with two attached hydrogens (primary N) is 1. The Morgan fingerprint density at radius 3 is 2.90 bits per heavy atom. The molecule has 3 N–H and O–H groups in total. The summed E-state index contributed by atoms with van der Waals surface area (Å²) < 4.78 is 18.7. The fraction of sp³-hybridized carbons (Fsp3) is 0.333. The maximum Gasteiger partial charge on any atom is 0.242 e. The van der Waals surface area contributed by atoms with E-state index in [-0.39, 0.29) is 11.9 Å². The van der Waals surface area contributed by atoms with Crippen LogP contribution in [0.3, 0.4) is 0 Å². The molecule has 1 aromatic carbocycles. The first kappa shape index (κ1) is 15.0. The molecule has 0 aliphatic carbocycles. The van der Waals surface area contributed by atoms with Crippen molar-refractivity contribution < 1.29 is 9.13 Å². The van der Waals surface area contributed by atoms with Crippen LogP contribution < -0.4 is 15.8 Å². The Balaban J connectivity index is 2.15. The van der Waals surface area contributed by atoms with E-state index in [0.717, 1.165) is 12.0 Å². The van der Waals surface area contributed by atoms with Crippen LogP contribution in [0.1, 0.15) is 31.9 Å². The van der Waals surface area contributed by atoms with Gasteiger partial charge in [-0.1, -0.05) is 19.1 Å². The molecule has 21 heavy (non-hydrogen) atoms. The highest BCUT2D eigenvalue weighted by molar-refractivity contribution is 5.66. The van der Waals surface area contributed by atoms with Crippen molar-refractivity contribution in [3.05, 3.63) is 42.0 Å². The van der Waals surface area contributed by atoms with E-state index in [1.165, 1.54) is 18.5 Å². The molecule has 5 nitrogen and oxygen atoms in total. The number of nitrogens with one attached hydrogen (secondary N) is 1. The Kier molecular flexibility index (Phi) is 4.92. The van der Waals surface area contributed by atoms with Crippen LogP contribution in [0, 0.1) is 5.82 Å². The topological polar surface area (TPSA) is 73.1 Å². The second-order valence-corrected chi connectivity index (χ2v) is 4.71. The summed E-state index contributed by atoms with van der Waals surface area (Å²) in [5.74, 6) is 0.567. The Morgan fingerprint density at radius 1 is 1.38 bits per heavy atom. The number of nitrogens with zero attached hydrogens (tertiary/aromatic N) is 2. The Labute approximate surface area is 123 Å². The number of aromatic nitrogens is 2. The van der Waals surface area contributed by atoms with E-state index in [0.29, 0.717) is 24.0 Å². The van der Waals surface area contributed by atoms with E-state index >= 15 is 0 Å². The number of anilines is 2. The number of hydrogen-bond acceptors (Lipinski definition) is 5. The highest BCUT2D eigenvalue weighted by Crippen LogP contribution is 2.28. The molecule has 1 atom stereocenters. The van der Waals surface area contributed by atoms with Crippen molar-refractivity contribution in [3.63, 3.8) is 0 Å². The van der Waals surface area contributed by atoms with Gasteiger partial charge < -0.3 is 15.8 Å². The third kappa shape index (κ3) is 3.81. The molecule has 1 heterocycles. The summed E-state index contributed by atoms with van der Waals surface area (Å²) in [6.45, 7) is 4.45. The first-order valence-electron chi connectivity index (χ1n) is 6.87. The van der Waals surface area contributed by atoms with Crippen LogP contribution in [0.5, 0.6) is 5.88 Å². The van der Waals surface area contributed by atoms with Crippen LogP contribution in [-0.2, 0) is 0 Å². The molecule has 0 bridgehead atoms. The molecule has 0 amide bonds. The van der Waals surface area contributed by atoms with Gasteiger partial charge in [-0.05, 0) is 31.0 Å². The number of nitrogen functional groups attached to an aromatic ring is 1. The number of ether oxygens (including phenoxy) is 1. The number of benzene rings is 1. The lowest BCUT2D eigenvalue weighted by Crippen LogP contribution is -2.12. The molecule has 0 aliphatic rings. The smallest absolute Gasteiger partial charge is 0.242 e. The minimum Gasteiger partial charge on any atom is -0.476 e.